The molecule has 5 heteroatoms. The van der Waals surface area contributed by atoms with Crippen molar-refractivity contribution in [2.24, 2.45) is 5.41 Å². The Kier molecular flexibility index (Phi) is 3.45. The molecule has 1 aromatic heterocycles. The van der Waals surface area contributed by atoms with E-state index < -0.39 is 6.10 Å². The molecule has 0 aliphatic carbocycles. The molecule has 0 fully saturated rings. The van der Waals surface area contributed by atoms with E-state index in [9.17, 15) is 5.11 Å². The van der Waals surface area contributed by atoms with Crippen molar-refractivity contribution in [2.45, 2.75) is 39.2 Å². The first-order chi connectivity index (χ1) is 9.95. The van der Waals surface area contributed by atoms with Crippen LogP contribution in [0, 0.1) is 5.41 Å². The van der Waals surface area contributed by atoms with Gasteiger partial charge in [0.2, 0.25) is 5.89 Å². The third-order valence-corrected chi connectivity index (χ3v) is 3.86. The fourth-order valence-corrected chi connectivity index (χ4v) is 2.34. The number of aromatic nitrogens is 2. The zero-order valence-electron chi connectivity index (χ0n) is 12.5. The number of hydrogen-bond acceptors (Lipinski definition) is 5. The van der Waals surface area contributed by atoms with Crippen LogP contribution in [-0.2, 0) is 6.42 Å². The number of aliphatic hydroxyl groups is 1. The molecule has 0 radical (unpaired) electrons. The maximum absolute atomic E-state index is 10.1. The third kappa shape index (κ3) is 2.78. The highest BCUT2D eigenvalue weighted by molar-refractivity contribution is 5.42. The van der Waals surface area contributed by atoms with Gasteiger partial charge in [-0.1, -0.05) is 44.1 Å². The van der Waals surface area contributed by atoms with Crippen molar-refractivity contribution in [3.05, 3.63) is 41.5 Å². The lowest BCUT2D eigenvalue weighted by molar-refractivity contribution is 0.0565. The molecule has 1 N–H and O–H groups in total. The number of nitrogens with zero attached hydrogens (tertiary/aromatic N) is 2. The standard InChI is InChI=1S/C16H20N2O3/c1-16(2,3)13(19)8-14-17-15(18-21-14)11-9-20-12-7-5-4-6-10(11)12/h4-7,11,13,19H,8-9H2,1-3H3. The van der Waals surface area contributed by atoms with E-state index in [2.05, 4.69) is 10.1 Å². The lowest BCUT2D eigenvalue weighted by Gasteiger charge is -2.24. The summed E-state index contributed by atoms with van der Waals surface area (Å²) in [5.74, 6) is 1.97. The highest BCUT2D eigenvalue weighted by Crippen LogP contribution is 2.36. The number of para-hydroxylation sites is 1. The van der Waals surface area contributed by atoms with E-state index in [0.29, 0.717) is 24.7 Å². The highest BCUT2D eigenvalue weighted by Gasteiger charge is 2.30. The SMILES string of the molecule is CC(C)(C)C(O)Cc1nc(C2COc3ccccc32)no1. The monoisotopic (exact) mass is 288 g/mol. The molecular formula is C16H20N2O3. The Balaban J connectivity index is 1.78. The summed E-state index contributed by atoms with van der Waals surface area (Å²) in [5.41, 5.74) is 0.874. The molecule has 2 aromatic rings. The van der Waals surface area contributed by atoms with Crippen LogP contribution in [0.4, 0.5) is 0 Å². The second-order valence-electron chi connectivity index (χ2n) is 6.53. The number of hydrogen-bond donors (Lipinski definition) is 1. The van der Waals surface area contributed by atoms with Gasteiger partial charge in [-0.2, -0.15) is 4.98 Å². The van der Waals surface area contributed by atoms with E-state index >= 15 is 0 Å². The smallest absolute Gasteiger partial charge is 0.229 e. The van der Waals surface area contributed by atoms with Crippen molar-refractivity contribution in [3.8, 4) is 5.75 Å². The molecule has 2 unspecified atom stereocenters. The van der Waals surface area contributed by atoms with Crippen LogP contribution in [0.1, 0.15) is 44.0 Å². The van der Waals surface area contributed by atoms with E-state index in [1.165, 1.54) is 0 Å². The molecule has 1 aliphatic rings. The summed E-state index contributed by atoms with van der Waals surface area (Å²) in [5, 5.41) is 14.2. The zero-order valence-corrected chi connectivity index (χ0v) is 12.5. The molecule has 1 aliphatic heterocycles. The van der Waals surface area contributed by atoms with Gasteiger partial charge in [0.05, 0.1) is 18.4 Å². The minimum atomic E-state index is -0.516. The summed E-state index contributed by atoms with van der Waals surface area (Å²) in [4.78, 5) is 4.43. The van der Waals surface area contributed by atoms with Crippen molar-refractivity contribution in [3.63, 3.8) is 0 Å². The molecule has 2 atom stereocenters. The van der Waals surface area contributed by atoms with Crippen molar-refractivity contribution < 1.29 is 14.4 Å². The van der Waals surface area contributed by atoms with E-state index in [1.807, 2.05) is 45.0 Å². The van der Waals surface area contributed by atoms with Crippen LogP contribution in [-0.4, -0.2) is 28.0 Å². The van der Waals surface area contributed by atoms with Gasteiger partial charge in [0.25, 0.3) is 0 Å². The first-order valence-corrected chi connectivity index (χ1v) is 7.17. The van der Waals surface area contributed by atoms with Crippen molar-refractivity contribution in [1.29, 1.82) is 0 Å². The minimum Gasteiger partial charge on any atom is -0.492 e. The fraction of sp³-hybridized carbons (Fsp3) is 0.500. The van der Waals surface area contributed by atoms with Gasteiger partial charge in [-0.05, 0) is 11.5 Å². The molecule has 0 saturated carbocycles. The van der Waals surface area contributed by atoms with Gasteiger partial charge in [-0.3, -0.25) is 0 Å². The van der Waals surface area contributed by atoms with Crippen molar-refractivity contribution in [2.75, 3.05) is 6.61 Å². The van der Waals surface area contributed by atoms with E-state index in [4.69, 9.17) is 9.26 Å². The van der Waals surface area contributed by atoms with Gasteiger partial charge in [0, 0.05) is 5.56 Å². The lowest BCUT2D eigenvalue weighted by Crippen LogP contribution is -2.28. The summed E-state index contributed by atoms with van der Waals surface area (Å²) in [6, 6.07) is 7.89. The summed E-state index contributed by atoms with van der Waals surface area (Å²) >= 11 is 0. The second kappa shape index (κ2) is 5.15. The normalized spacial score (nSPS) is 19.1. The lowest BCUT2D eigenvalue weighted by atomic mass is 9.87. The minimum absolute atomic E-state index is 0.00507. The summed E-state index contributed by atoms with van der Waals surface area (Å²) in [6.07, 6.45) is -0.149. The van der Waals surface area contributed by atoms with Crippen molar-refractivity contribution in [1.82, 2.24) is 10.1 Å². The molecule has 1 aromatic carbocycles. The van der Waals surface area contributed by atoms with Crippen LogP contribution in [0.25, 0.3) is 0 Å². The zero-order chi connectivity index (χ0) is 15.0. The molecule has 112 valence electrons. The van der Waals surface area contributed by atoms with Crippen LogP contribution >= 0.6 is 0 Å². The van der Waals surface area contributed by atoms with Crippen LogP contribution < -0.4 is 4.74 Å². The maximum atomic E-state index is 10.1. The van der Waals surface area contributed by atoms with E-state index in [0.717, 1.165) is 11.3 Å². The average Bonchev–Trinajstić information content (AvgIpc) is 3.03. The Labute approximate surface area is 123 Å². The number of fused-ring (bicyclic) bond motifs is 1. The average molecular weight is 288 g/mol. The largest absolute Gasteiger partial charge is 0.492 e. The van der Waals surface area contributed by atoms with Gasteiger partial charge >= 0.3 is 0 Å². The van der Waals surface area contributed by atoms with Gasteiger partial charge in [0.1, 0.15) is 12.4 Å². The van der Waals surface area contributed by atoms with Gasteiger partial charge < -0.3 is 14.4 Å². The molecular weight excluding hydrogens is 268 g/mol. The molecule has 0 amide bonds. The van der Waals surface area contributed by atoms with Gasteiger partial charge in [-0.15, -0.1) is 0 Å². The molecule has 0 saturated heterocycles. The topological polar surface area (TPSA) is 68.4 Å². The predicted octanol–water partition coefficient (Wildman–Crippen LogP) is 2.54. The Morgan fingerprint density at radius 2 is 2.10 bits per heavy atom. The Bertz CT molecular complexity index is 630. The number of ether oxygens (including phenoxy) is 1. The second-order valence-corrected chi connectivity index (χ2v) is 6.53. The van der Waals surface area contributed by atoms with Crippen LogP contribution in [0.3, 0.4) is 0 Å². The summed E-state index contributed by atoms with van der Waals surface area (Å²) in [6.45, 7) is 6.47. The number of rotatable bonds is 3. The first kappa shape index (κ1) is 14.1. The third-order valence-electron chi connectivity index (χ3n) is 3.86. The van der Waals surface area contributed by atoms with Crippen LogP contribution in [0.15, 0.2) is 28.8 Å². The van der Waals surface area contributed by atoms with Gasteiger partial charge in [-0.25, -0.2) is 0 Å². The quantitative estimate of drug-likeness (QED) is 0.940. The van der Waals surface area contributed by atoms with Crippen LogP contribution in [0.2, 0.25) is 0 Å². The van der Waals surface area contributed by atoms with E-state index in [-0.39, 0.29) is 11.3 Å². The number of aliphatic hydroxyl groups excluding tert-OH is 1. The predicted molar refractivity (Wildman–Crippen MR) is 77.2 cm³/mol. The highest BCUT2D eigenvalue weighted by atomic mass is 16.5. The molecule has 21 heavy (non-hydrogen) atoms. The summed E-state index contributed by atoms with van der Waals surface area (Å²) in [7, 11) is 0. The molecule has 3 rings (SSSR count). The van der Waals surface area contributed by atoms with Gasteiger partial charge in [0.15, 0.2) is 5.82 Å². The molecule has 5 nitrogen and oxygen atoms in total. The summed E-state index contributed by atoms with van der Waals surface area (Å²) < 4.78 is 10.9. The Morgan fingerprint density at radius 3 is 2.86 bits per heavy atom. The molecule has 2 heterocycles. The Hall–Kier alpha value is -1.88. The number of benzene rings is 1. The van der Waals surface area contributed by atoms with Crippen molar-refractivity contribution >= 4 is 0 Å². The van der Waals surface area contributed by atoms with E-state index in [1.54, 1.807) is 0 Å². The van der Waals surface area contributed by atoms with Crippen LogP contribution in [0.5, 0.6) is 5.75 Å². The molecule has 0 bridgehead atoms. The first-order valence-electron chi connectivity index (χ1n) is 7.17. The maximum Gasteiger partial charge on any atom is 0.229 e. The molecule has 0 spiro atoms. The Morgan fingerprint density at radius 1 is 1.33 bits per heavy atom. The fourth-order valence-electron chi connectivity index (χ4n) is 2.34.